The van der Waals surface area contributed by atoms with Gasteiger partial charge in [0.25, 0.3) is 5.56 Å². The Morgan fingerprint density at radius 3 is 2.76 bits per heavy atom. The molecule has 3 heterocycles. The lowest BCUT2D eigenvalue weighted by Gasteiger charge is -2.21. The van der Waals surface area contributed by atoms with Crippen LogP contribution in [0, 0.1) is 0 Å². The third-order valence-electron chi connectivity index (χ3n) is 5.69. The van der Waals surface area contributed by atoms with Crippen molar-refractivity contribution in [3.05, 3.63) is 79.5 Å². The standard InChI is InChI=1S/C23H19ClN4O6/c1-2-19(29)28-16(12-6-7-17-18(8-12)34-11-33-17)10-15(26-28)20-21(30)25-23(32)27(22(20)31)14-5-3-4-13(24)9-14/h3-9,16,31H,2,10-11H2,1H3,(H,25,30,32). The number of benzene rings is 2. The Balaban J connectivity index is 1.61. The summed E-state index contributed by atoms with van der Waals surface area (Å²) in [5, 5.41) is 17.0. The fraction of sp³-hybridized carbons (Fsp3) is 0.217. The Morgan fingerprint density at radius 2 is 2.00 bits per heavy atom. The Bertz CT molecular complexity index is 1460. The molecule has 34 heavy (non-hydrogen) atoms. The lowest BCUT2D eigenvalue weighted by molar-refractivity contribution is -0.132. The number of rotatable bonds is 4. The molecule has 3 aromatic rings. The van der Waals surface area contributed by atoms with Crippen LogP contribution in [-0.4, -0.2) is 38.1 Å². The number of H-pyrrole nitrogens is 1. The zero-order chi connectivity index (χ0) is 24.0. The van der Waals surface area contributed by atoms with Gasteiger partial charge >= 0.3 is 5.69 Å². The maximum Gasteiger partial charge on any atom is 0.335 e. The molecule has 0 bridgehead atoms. The van der Waals surface area contributed by atoms with E-state index < -0.39 is 23.2 Å². The van der Waals surface area contributed by atoms with Crippen LogP contribution in [-0.2, 0) is 4.79 Å². The lowest BCUT2D eigenvalue weighted by Crippen LogP contribution is -2.33. The molecule has 0 aliphatic carbocycles. The summed E-state index contributed by atoms with van der Waals surface area (Å²) < 4.78 is 11.7. The van der Waals surface area contributed by atoms with Crippen LogP contribution in [0.2, 0.25) is 5.02 Å². The van der Waals surface area contributed by atoms with Gasteiger partial charge in [0.1, 0.15) is 5.56 Å². The molecule has 1 amide bonds. The molecule has 174 valence electrons. The Hall–Kier alpha value is -4.05. The summed E-state index contributed by atoms with van der Waals surface area (Å²) in [6.45, 7) is 1.81. The van der Waals surface area contributed by atoms with Crippen molar-refractivity contribution in [3.63, 3.8) is 0 Å². The van der Waals surface area contributed by atoms with Crippen LogP contribution >= 0.6 is 11.6 Å². The van der Waals surface area contributed by atoms with E-state index in [2.05, 4.69) is 10.1 Å². The van der Waals surface area contributed by atoms with E-state index in [9.17, 15) is 19.5 Å². The van der Waals surface area contributed by atoms with Crippen molar-refractivity contribution >= 4 is 23.2 Å². The molecule has 2 aliphatic rings. The van der Waals surface area contributed by atoms with Gasteiger partial charge in [-0.3, -0.25) is 14.6 Å². The number of hydrazone groups is 1. The topological polar surface area (TPSA) is 126 Å². The quantitative estimate of drug-likeness (QED) is 0.588. The minimum absolute atomic E-state index is 0.108. The SMILES string of the molecule is CCC(=O)N1N=C(c2c(O)n(-c3cccc(Cl)c3)c(=O)[nH]c2=O)CC1c1ccc2c(c1)OCO2. The second-order valence-electron chi connectivity index (χ2n) is 7.74. The van der Waals surface area contributed by atoms with Crippen molar-refractivity contribution in [2.75, 3.05) is 6.79 Å². The summed E-state index contributed by atoms with van der Waals surface area (Å²) in [5.41, 5.74) is -0.685. The van der Waals surface area contributed by atoms with Gasteiger partial charge < -0.3 is 14.6 Å². The van der Waals surface area contributed by atoms with Crippen LogP contribution in [0.15, 0.2) is 57.2 Å². The summed E-state index contributed by atoms with van der Waals surface area (Å²) in [7, 11) is 0. The number of carbonyl (C=O) groups excluding carboxylic acids is 1. The summed E-state index contributed by atoms with van der Waals surface area (Å²) in [6.07, 6.45) is 0.317. The van der Waals surface area contributed by atoms with Gasteiger partial charge in [-0.25, -0.2) is 14.4 Å². The molecule has 5 rings (SSSR count). The smallest absolute Gasteiger partial charge is 0.335 e. The number of aromatic amines is 1. The van der Waals surface area contributed by atoms with Gasteiger partial charge in [0, 0.05) is 17.9 Å². The Kier molecular flexibility index (Phi) is 5.37. The van der Waals surface area contributed by atoms with E-state index in [-0.39, 0.29) is 42.5 Å². The van der Waals surface area contributed by atoms with E-state index in [4.69, 9.17) is 21.1 Å². The number of aromatic hydroxyl groups is 1. The van der Waals surface area contributed by atoms with Gasteiger partial charge in [-0.2, -0.15) is 5.10 Å². The highest BCUT2D eigenvalue weighted by molar-refractivity contribution is 6.30. The van der Waals surface area contributed by atoms with Crippen molar-refractivity contribution < 1.29 is 19.4 Å². The molecule has 2 aliphatic heterocycles. The molecule has 0 radical (unpaired) electrons. The van der Waals surface area contributed by atoms with E-state index in [1.807, 2.05) is 0 Å². The third-order valence-corrected chi connectivity index (χ3v) is 5.93. The normalized spacial score (nSPS) is 16.6. The first-order valence-electron chi connectivity index (χ1n) is 10.5. The molecular weight excluding hydrogens is 464 g/mol. The van der Waals surface area contributed by atoms with E-state index >= 15 is 0 Å². The predicted octanol–water partition coefficient (Wildman–Crippen LogP) is 2.70. The fourth-order valence-corrected chi connectivity index (χ4v) is 4.26. The number of amides is 1. The minimum Gasteiger partial charge on any atom is -0.493 e. The summed E-state index contributed by atoms with van der Waals surface area (Å²) in [4.78, 5) is 40.2. The van der Waals surface area contributed by atoms with Crippen LogP contribution < -0.4 is 20.7 Å². The Labute approximate surface area is 197 Å². The molecule has 2 aromatic carbocycles. The van der Waals surface area contributed by atoms with E-state index in [1.165, 1.54) is 11.1 Å². The van der Waals surface area contributed by atoms with Crippen molar-refractivity contribution in [2.45, 2.75) is 25.8 Å². The molecule has 1 aromatic heterocycles. The molecule has 0 spiro atoms. The maximum atomic E-state index is 12.8. The highest BCUT2D eigenvalue weighted by Crippen LogP contribution is 2.39. The van der Waals surface area contributed by atoms with E-state index in [0.29, 0.717) is 16.5 Å². The van der Waals surface area contributed by atoms with Crippen LogP contribution in [0.5, 0.6) is 17.4 Å². The van der Waals surface area contributed by atoms with Gasteiger partial charge in [-0.1, -0.05) is 30.7 Å². The zero-order valence-corrected chi connectivity index (χ0v) is 18.7. The van der Waals surface area contributed by atoms with Gasteiger partial charge in [-0.15, -0.1) is 0 Å². The number of ether oxygens (including phenoxy) is 2. The minimum atomic E-state index is -0.832. The van der Waals surface area contributed by atoms with Crippen LogP contribution in [0.3, 0.4) is 0 Å². The van der Waals surface area contributed by atoms with Crippen molar-refractivity contribution in [2.24, 2.45) is 5.10 Å². The molecule has 10 nitrogen and oxygen atoms in total. The van der Waals surface area contributed by atoms with Gasteiger partial charge in [0.2, 0.25) is 18.6 Å². The molecule has 0 saturated heterocycles. The lowest BCUT2D eigenvalue weighted by atomic mass is 9.98. The second kappa shape index (κ2) is 8.38. The van der Waals surface area contributed by atoms with Crippen molar-refractivity contribution in [1.82, 2.24) is 14.6 Å². The second-order valence-corrected chi connectivity index (χ2v) is 8.18. The Morgan fingerprint density at radius 1 is 1.21 bits per heavy atom. The maximum absolute atomic E-state index is 12.8. The average Bonchev–Trinajstić information content (AvgIpc) is 3.45. The van der Waals surface area contributed by atoms with Crippen LogP contribution in [0.1, 0.15) is 36.9 Å². The predicted molar refractivity (Wildman–Crippen MR) is 123 cm³/mol. The van der Waals surface area contributed by atoms with Crippen LogP contribution in [0.25, 0.3) is 5.69 Å². The first-order valence-corrected chi connectivity index (χ1v) is 10.9. The molecule has 1 atom stereocenters. The number of carbonyl (C=O) groups is 1. The molecular formula is C23H19ClN4O6. The van der Waals surface area contributed by atoms with Gasteiger partial charge in [0.05, 0.1) is 17.4 Å². The van der Waals surface area contributed by atoms with E-state index in [1.54, 1.807) is 43.3 Å². The number of nitrogens with zero attached hydrogens (tertiary/aromatic N) is 3. The first kappa shape index (κ1) is 21.8. The highest BCUT2D eigenvalue weighted by Gasteiger charge is 2.36. The number of fused-ring (bicyclic) bond motifs is 1. The fourth-order valence-electron chi connectivity index (χ4n) is 4.07. The summed E-state index contributed by atoms with van der Waals surface area (Å²) in [5.74, 6) is 0.283. The zero-order valence-electron chi connectivity index (χ0n) is 17.9. The molecule has 2 N–H and O–H groups in total. The third kappa shape index (κ3) is 3.61. The number of aromatic nitrogens is 2. The first-order chi connectivity index (χ1) is 16.4. The summed E-state index contributed by atoms with van der Waals surface area (Å²) in [6, 6.07) is 11.0. The van der Waals surface area contributed by atoms with E-state index in [0.717, 1.165) is 10.1 Å². The van der Waals surface area contributed by atoms with Gasteiger partial charge in [0.15, 0.2) is 11.5 Å². The molecule has 0 saturated carbocycles. The number of nitrogens with one attached hydrogen (secondary N) is 1. The van der Waals surface area contributed by atoms with Crippen LogP contribution in [0.4, 0.5) is 0 Å². The van der Waals surface area contributed by atoms with Gasteiger partial charge in [-0.05, 0) is 35.9 Å². The molecule has 11 heteroatoms. The molecule has 1 unspecified atom stereocenters. The monoisotopic (exact) mass is 482 g/mol. The average molecular weight is 483 g/mol. The number of halogens is 1. The van der Waals surface area contributed by atoms with Crippen molar-refractivity contribution in [3.8, 4) is 23.1 Å². The largest absolute Gasteiger partial charge is 0.493 e. The number of hydrogen-bond donors (Lipinski definition) is 2. The molecule has 0 fully saturated rings. The summed E-state index contributed by atoms with van der Waals surface area (Å²) >= 11 is 6.04. The number of hydrogen-bond acceptors (Lipinski definition) is 7. The van der Waals surface area contributed by atoms with Crippen molar-refractivity contribution in [1.29, 1.82) is 0 Å². The highest BCUT2D eigenvalue weighted by atomic mass is 35.5.